The lowest BCUT2D eigenvalue weighted by Crippen LogP contribution is -2.25. The molecule has 1 aromatic heterocycles. The Morgan fingerprint density at radius 3 is 2.62 bits per heavy atom. The number of amides is 1. The number of phenols is 1. The lowest BCUT2D eigenvalue weighted by atomic mass is 10.2. The van der Waals surface area contributed by atoms with Crippen LogP contribution in [-0.2, 0) is 4.79 Å². The number of aryl methyl sites for hydroxylation is 1. The van der Waals surface area contributed by atoms with Gasteiger partial charge in [0.25, 0.3) is 12.1 Å². The SMILES string of the molecule is Cc1cc(C(F)F)nn1C(C)C(=O)Nc1cc([N+](=O)[O-])ccc1O. The van der Waals surface area contributed by atoms with E-state index in [0.717, 1.165) is 22.9 Å². The number of nitrogens with one attached hydrogen (secondary N) is 1. The normalized spacial score (nSPS) is 12.2. The van der Waals surface area contributed by atoms with Crippen molar-refractivity contribution in [1.82, 2.24) is 9.78 Å². The van der Waals surface area contributed by atoms with Gasteiger partial charge in [0.2, 0.25) is 5.91 Å². The number of alkyl halides is 2. The number of carbonyl (C=O) groups excluding carboxylic acids is 1. The van der Waals surface area contributed by atoms with Gasteiger partial charge in [-0.1, -0.05) is 0 Å². The molecule has 0 bridgehead atoms. The summed E-state index contributed by atoms with van der Waals surface area (Å²) in [5.74, 6) is -1.02. The van der Waals surface area contributed by atoms with Crippen LogP contribution in [0.3, 0.4) is 0 Å². The molecule has 8 nitrogen and oxygen atoms in total. The molecule has 1 atom stereocenters. The summed E-state index contributed by atoms with van der Waals surface area (Å²) in [6.45, 7) is 2.95. The molecule has 1 unspecified atom stereocenters. The molecule has 2 rings (SSSR count). The Labute approximate surface area is 134 Å². The number of rotatable bonds is 5. The summed E-state index contributed by atoms with van der Waals surface area (Å²) in [5, 5.41) is 26.4. The Hall–Kier alpha value is -3.04. The van der Waals surface area contributed by atoms with Gasteiger partial charge in [0, 0.05) is 17.8 Å². The van der Waals surface area contributed by atoms with Gasteiger partial charge in [0.05, 0.1) is 10.6 Å². The monoisotopic (exact) mass is 340 g/mol. The van der Waals surface area contributed by atoms with Gasteiger partial charge < -0.3 is 10.4 Å². The van der Waals surface area contributed by atoms with Crippen LogP contribution >= 0.6 is 0 Å². The van der Waals surface area contributed by atoms with Gasteiger partial charge in [-0.3, -0.25) is 19.6 Å². The largest absolute Gasteiger partial charge is 0.506 e. The second-order valence-electron chi connectivity index (χ2n) is 5.08. The highest BCUT2D eigenvalue weighted by Gasteiger charge is 2.22. The fraction of sp³-hybridized carbons (Fsp3) is 0.286. The van der Waals surface area contributed by atoms with Crippen molar-refractivity contribution in [2.24, 2.45) is 0 Å². The van der Waals surface area contributed by atoms with E-state index in [9.17, 15) is 28.8 Å². The van der Waals surface area contributed by atoms with Gasteiger partial charge in [-0.15, -0.1) is 0 Å². The van der Waals surface area contributed by atoms with E-state index < -0.39 is 29.0 Å². The van der Waals surface area contributed by atoms with E-state index in [1.807, 2.05) is 0 Å². The summed E-state index contributed by atoms with van der Waals surface area (Å²) in [7, 11) is 0. The molecule has 0 saturated heterocycles. The quantitative estimate of drug-likeness (QED) is 0.494. The molecule has 0 aliphatic heterocycles. The Balaban J connectivity index is 2.23. The first kappa shape index (κ1) is 17.3. The number of non-ortho nitro benzene ring substituents is 1. The minimum atomic E-state index is -2.76. The van der Waals surface area contributed by atoms with Gasteiger partial charge in [-0.25, -0.2) is 8.78 Å². The second kappa shape index (κ2) is 6.60. The number of nitrogens with zero attached hydrogens (tertiary/aromatic N) is 3. The summed E-state index contributed by atoms with van der Waals surface area (Å²) in [6.07, 6.45) is -2.76. The van der Waals surface area contributed by atoms with Crippen molar-refractivity contribution in [3.63, 3.8) is 0 Å². The van der Waals surface area contributed by atoms with E-state index in [0.29, 0.717) is 5.69 Å². The van der Waals surface area contributed by atoms with Gasteiger partial charge in [-0.05, 0) is 26.0 Å². The number of nitro groups is 1. The van der Waals surface area contributed by atoms with Crippen LogP contribution < -0.4 is 5.32 Å². The van der Waals surface area contributed by atoms with Crippen molar-refractivity contribution < 1.29 is 23.6 Å². The zero-order valence-electron chi connectivity index (χ0n) is 12.7. The Morgan fingerprint density at radius 2 is 2.08 bits per heavy atom. The first-order valence-electron chi connectivity index (χ1n) is 6.83. The summed E-state index contributed by atoms with van der Waals surface area (Å²) in [4.78, 5) is 22.3. The lowest BCUT2D eigenvalue weighted by Gasteiger charge is -2.15. The van der Waals surface area contributed by atoms with Crippen molar-refractivity contribution in [2.75, 3.05) is 5.32 Å². The molecular weight excluding hydrogens is 326 g/mol. The molecule has 1 heterocycles. The Kier molecular flexibility index (Phi) is 4.77. The zero-order chi connectivity index (χ0) is 18.0. The standard InChI is InChI=1S/C14H14F2N4O4/c1-7-5-11(13(15)16)18-19(7)8(2)14(22)17-10-6-9(20(23)24)3-4-12(10)21/h3-6,8,13,21H,1-2H3,(H,17,22). The fourth-order valence-electron chi connectivity index (χ4n) is 2.10. The molecule has 0 saturated carbocycles. The van der Waals surface area contributed by atoms with Crippen molar-refractivity contribution in [3.05, 3.63) is 45.8 Å². The number of hydrogen-bond donors (Lipinski definition) is 2. The van der Waals surface area contributed by atoms with Gasteiger partial charge in [-0.2, -0.15) is 5.10 Å². The Morgan fingerprint density at radius 1 is 1.42 bits per heavy atom. The maximum Gasteiger partial charge on any atom is 0.282 e. The van der Waals surface area contributed by atoms with Crippen LogP contribution in [0.15, 0.2) is 24.3 Å². The molecule has 0 fully saturated rings. The first-order valence-corrected chi connectivity index (χ1v) is 6.83. The number of aromatic nitrogens is 2. The smallest absolute Gasteiger partial charge is 0.282 e. The molecule has 0 aliphatic carbocycles. The van der Waals surface area contributed by atoms with Crippen LogP contribution in [0, 0.1) is 17.0 Å². The molecule has 1 aromatic carbocycles. The minimum Gasteiger partial charge on any atom is -0.506 e. The highest BCUT2D eigenvalue weighted by atomic mass is 19.3. The number of carbonyl (C=O) groups is 1. The maximum absolute atomic E-state index is 12.7. The van der Waals surface area contributed by atoms with Crippen LogP contribution in [0.25, 0.3) is 0 Å². The van der Waals surface area contributed by atoms with E-state index in [4.69, 9.17) is 0 Å². The van der Waals surface area contributed by atoms with Gasteiger partial charge >= 0.3 is 0 Å². The third-order valence-electron chi connectivity index (χ3n) is 3.36. The van der Waals surface area contributed by atoms with Crippen molar-refractivity contribution in [1.29, 1.82) is 0 Å². The zero-order valence-corrected chi connectivity index (χ0v) is 12.7. The van der Waals surface area contributed by atoms with Crippen LogP contribution in [0.5, 0.6) is 5.75 Å². The molecule has 24 heavy (non-hydrogen) atoms. The van der Waals surface area contributed by atoms with Crippen LogP contribution in [0.2, 0.25) is 0 Å². The number of nitro benzene ring substituents is 1. The summed E-state index contributed by atoms with van der Waals surface area (Å²) >= 11 is 0. The second-order valence-corrected chi connectivity index (χ2v) is 5.08. The summed E-state index contributed by atoms with van der Waals surface area (Å²) in [5.41, 5.74) is -0.562. The molecule has 0 spiro atoms. The minimum absolute atomic E-state index is 0.153. The fourth-order valence-corrected chi connectivity index (χ4v) is 2.10. The third kappa shape index (κ3) is 3.47. The average Bonchev–Trinajstić information content (AvgIpc) is 2.90. The van der Waals surface area contributed by atoms with E-state index in [1.54, 1.807) is 0 Å². The number of phenolic OH excluding ortho intramolecular Hbond substituents is 1. The summed E-state index contributed by atoms with van der Waals surface area (Å²) < 4.78 is 26.5. The molecule has 0 aliphatic rings. The van der Waals surface area contributed by atoms with E-state index in [1.165, 1.54) is 19.9 Å². The Bertz CT molecular complexity index is 791. The predicted octanol–water partition coefficient (Wildman–Crippen LogP) is 2.94. The third-order valence-corrected chi connectivity index (χ3v) is 3.36. The average molecular weight is 340 g/mol. The van der Waals surface area contributed by atoms with E-state index >= 15 is 0 Å². The van der Waals surface area contributed by atoms with Crippen LogP contribution in [0.4, 0.5) is 20.2 Å². The highest BCUT2D eigenvalue weighted by Crippen LogP contribution is 2.29. The number of benzene rings is 1. The van der Waals surface area contributed by atoms with Gasteiger partial charge in [0.15, 0.2) is 0 Å². The van der Waals surface area contributed by atoms with Crippen LogP contribution in [-0.4, -0.2) is 25.7 Å². The molecule has 10 heteroatoms. The van der Waals surface area contributed by atoms with Crippen molar-refractivity contribution >= 4 is 17.3 Å². The van der Waals surface area contributed by atoms with E-state index in [-0.39, 0.29) is 17.1 Å². The number of anilines is 1. The molecule has 0 radical (unpaired) electrons. The molecular formula is C14H14F2N4O4. The highest BCUT2D eigenvalue weighted by molar-refractivity contribution is 5.95. The topological polar surface area (TPSA) is 110 Å². The van der Waals surface area contributed by atoms with Gasteiger partial charge in [0.1, 0.15) is 17.5 Å². The summed E-state index contributed by atoms with van der Waals surface area (Å²) in [6, 6.07) is 3.36. The molecule has 1 amide bonds. The number of halogens is 2. The predicted molar refractivity (Wildman–Crippen MR) is 80.0 cm³/mol. The lowest BCUT2D eigenvalue weighted by molar-refractivity contribution is -0.384. The molecule has 2 N–H and O–H groups in total. The maximum atomic E-state index is 12.7. The van der Waals surface area contributed by atoms with Crippen molar-refractivity contribution in [2.45, 2.75) is 26.3 Å². The van der Waals surface area contributed by atoms with E-state index in [2.05, 4.69) is 10.4 Å². The molecule has 2 aromatic rings. The number of aromatic hydroxyl groups is 1. The first-order chi connectivity index (χ1) is 11.2. The van der Waals surface area contributed by atoms with Crippen LogP contribution in [0.1, 0.15) is 30.8 Å². The molecule has 128 valence electrons. The van der Waals surface area contributed by atoms with Crippen molar-refractivity contribution in [3.8, 4) is 5.75 Å². The number of hydrogen-bond acceptors (Lipinski definition) is 5.